The summed E-state index contributed by atoms with van der Waals surface area (Å²) in [7, 11) is 0. The van der Waals surface area contributed by atoms with E-state index >= 15 is 0 Å². The van der Waals surface area contributed by atoms with Crippen LogP contribution in [0.25, 0.3) is 0 Å². The Morgan fingerprint density at radius 2 is 1.95 bits per heavy atom. The van der Waals surface area contributed by atoms with Crippen molar-refractivity contribution in [3.05, 3.63) is 58.6 Å². The third-order valence-corrected chi connectivity index (χ3v) is 2.89. The van der Waals surface area contributed by atoms with Gasteiger partial charge in [0.25, 0.3) is 0 Å². The van der Waals surface area contributed by atoms with E-state index in [1.165, 1.54) is 6.07 Å². The van der Waals surface area contributed by atoms with Crippen LogP contribution in [0.1, 0.15) is 22.8 Å². The van der Waals surface area contributed by atoms with Crippen molar-refractivity contribution in [2.24, 2.45) is 0 Å². The number of nitriles is 1. The lowest BCUT2D eigenvalue weighted by Crippen LogP contribution is -2.04. The molecule has 0 radical (unpaired) electrons. The Balaban J connectivity index is 2.18. The molecule has 2 aromatic carbocycles. The molecule has 0 aliphatic carbocycles. The van der Waals surface area contributed by atoms with Gasteiger partial charge in [0.15, 0.2) is 0 Å². The molecular formula is C16H12ClNO3. The molecule has 0 fully saturated rings. The molecule has 4 nitrogen and oxygen atoms in total. The van der Waals surface area contributed by atoms with Crippen molar-refractivity contribution in [2.45, 2.75) is 6.92 Å². The molecule has 0 aromatic heterocycles. The summed E-state index contributed by atoms with van der Waals surface area (Å²) in [5.41, 5.74) is 0.790. The predicted octanol–water partition coefficient (Wildman–Crippen LogP) is 4.18. The molecule has 0 heterocycles. The van der Waals surface area contributed by atoms with Crippen LogP contribution in [0.2, 0.25) is 5.02 Å². The maximum absolute atomic E-state index is 11.5. The topological polar surface area (TPSA) is 59.3 Å². The Morgan fingerprint density at radius 1 is 1.24 bits per heavy atom. The van der Waals surface area contributed by atoms with E-state index in [2.05, 4.69) is 0 Å². The van der Waals surface area contributed by atoms with E-state index in [0.29, 0.717) is 34.3 Å². The summed E-state index contributed by atoms with van der Waals surface area (Å²) in [6.45, 7) is 2.08. The molecular weight excluding hydrogens is 290 g/mol. The highest BCUT2D eigenvalue weighted by Gasteiger charge is 2.08. The van der Waals surface area contributed by atoms with Crippen molar-refractivity contribution >= 4 is 17.6 Å². The van der Waals surface area contributed by atoms with Gasteiger partial charge in [-0.05, 0) is 49.4 Å². The zero-order valence-corrected chi connectivity index (χ0v) is 12.1. The van der Waals surface area contributed by atoms with Gasteiger partial charge < -0.3 is 9.47 Å². The average molecular weight is 302 g/mol. The largest absolute Gasteiger partial charge is 0.462 e. The second-order valence-corrected chi connectivity index (χ2v) is 4.54. The van der Waals surface area contributed by atoms with Gasteiger partial charge in [-0.15, -0.1) is 0 Å². The molecule has 0 unspecified atom stereocenters. The fraction of sp³-hybridized carbons (Fsp3) is 0.125. The third kappa shape index (κ3) is 3.74. The first-order valence-electron chi connectivity index (χ1n) is 6.28. The van der Waals surface area contributed by atoms with Gasteiger partial charge in [0.2, 0.25) is 0 Å². The highest BCUT2D eigenvalue weighted by atomic mass is 35.5. The summed E-state index contributed by atoms with van der Waals surface area (Å²) < 4.78 is 10.5. The molecule has 0 aliphatic heterocycles. The fourth-order valence-corrected chi connectivity index (χ4v) is 1.85. The number of carbonyl (C=O) groups excluding carboxylic acids is 1. The minimum absolute atomic E-state index is 0.327. The van der Waals surface area contributed by atoms with E-state index in [9.17, 15) is 4.79 Å². The van der Waals surface area contributed by atoms with Gasteiger partial charge in [-0.3, -0.25) is 0 Å². The SMILES string of the molecule is CCOC(=O)c1ccc(Oc2ccc(Cl)cc2C#N)cc1. The van der Waals surface area contributed by atoms with Crippen LogP contribution in [0.15, 0.2) is 42.5 Å². The number of ether oxygens (including phenoxy) is 2. The van der Waals surface area contributed by atoms with Gasteiger partial charge in [0.05, 0.1) is 17.7 Å². The molecule has 0 saturated carbocycles. The first kappa shape index (κ1) is 14.9. The Bertz CT molecular complexity index is 690. The Labute approximate surface area is 127 Å². The number of rotatable bonds is 4. The van der Waals surface area contributed by atoms with Crippen molar-refractivity contribution in [3.8, 4) is 17.6 Å². The lowest BCUT2D eigenvalue weighted by molar-refractivity contribution is 0.0526. The van der Waals surface area contributed by atoms with Crippen LogP contribution in [0.4, 0.5) is 0 Å². The minimum Gasteiger partial charge on any atom is -0.462 e. The number of benzene rings is 2. The van der Waals surface area contributed by atoms with E-state index in [1.54, 1.807) is 43.3 Å². The third-order valence-electron chi connectivity index (χ3n) is 2.66. The van der Waals surface area contributed by atoms with Crippen molar-refractivity contribution < 1.29 is 14.3 Å². The summed E-state index contributed by atoms with van der Waals surface area (Å²) in [6, 6.07) is 13.3. The molecule has 21 heavy (non-hydrogen) atoms. The van der Waals surface area contributed by atoms with Gasteiger partial charge in [-0.2, -0.15) is 5.26 Å². The summed E-state index contributed by atoms with van der Waals surface area (Å²) in [6.07, 6.45) is 0. The van der Waals surface area contributed by atoms with Crippen LogP contribution in [-0.4, -0.2) is 12.6 Å². The van der Waals surface area contributed by atoms with Gasteiger partial charge in [0, 0.05) is 5.02 Å². The van der Waals surface area contributed by atoms with Crippen molar-refractivity contribution in [3.63, 3.8) is 0 Å². The summed E-state index contributed by atoms with van der Waals surface area (Å²) >= 11 is 5.83. The highest BCUT2D eigenvalue weighted by molar-refractivity contribution is 6.30. The van der Waals surface area contributed by atoms with Crippen molar-refractivity contribution in [2.75, 3.05) is 6.61 Å². The Hall–Kier alpha value is -2.51. The second-order valence-electron chi connectivity index (χ2n) is 4.10. The van der Waals surface area contributed by atoms with Crippen LogP contribution >= 0.6 is 11.6 Å². The molecule has 2 rings (SSSR count). The van der Waals surface area contributed by atoms with E-state index in [0.717, 1.165) is 0 Å². The normalized spacial score (nSPS) is 9.76. The Morgan fingerprint density at radius 3 is 2.57 bits per heavy atom. The molecule has 106 valence electrons. The molecule has 0 atom stereocenters. The Kier molecular flexibility index (Phi) is 4.81. The first-order chi connectivity index (χ1) is 10.1. The first-order valence-corrected chi connectivity index (χ1v) is 6.66. The standard InChI is InChI=1S/C16H12ClNO3/c1-2-20-16(19)11-3-6-14(7-4-11)21-15-8-5-13(17)9-12(15)10-18/h3-9H,2H2,1H3. The fourth-order valence-electron chi connectivity index (χ4n) is 1.68. The summed E-state index contributed by atoms with van der Waals surface area (Å²) in [5.74, 6) is 0.543. The number of hydrogen-bond donors (Lipinski definition) is 0. The van der Waals surface area contributed by atoms with Crippen LogP contribution in [0.3, 0.4) is 0 Å². The van der Waals surface area contributed by atoms with Gasteiger partial charge in [-0.25, -0.2) is 4.79 Å². The van der Waals surface area contributed by atoms with Crippen LogP contribution in [-0.2, 0) is 4.74 Å². The lowest BCUT2D eigenvalue weighted by Gasteiger charge is -2.08. The minimum atomic E-state index is -0.381. The van der Waals surface area contributed by atoms with E-state index in [-0.39, 0.29) is 5.97 Å². The van der Waals surface area contributed by atoms with Gasteiger partial charge in [0.1, 0.15) is 17.6 Å². The molecule has 0 aliphatic rings. The van der Waals surface area contributed by atoms with Gasteiger partial charge in [-0.1, -0.05) is 11.6 Å². The number of hydrogen-bond acceptors (Lipinski definition) is 4. The number of halogens is 1. The number of esters is 1. The summed E-state index contributed by atoms with van der Waals surface area (Å²) in [5, 5.41) is 9.52. The number of nitrogens with zero attached hydrogens (tertiary/aromatic N) is 1. The van der Waals surface area contributed by atoms with E-state index in [1.807, 2.05) is 6.07 Å². The quantitative estimate of drug-likeness (QED) is 0.795. The van der Waals surface area contributed by atoms with Crippen LogP contribution in [0, 0.1) is 11.3 Å². The van der Waals surface area contributed by atoms with Gasteiger partial charge >= 0.3 is 5.97 Å². The maximum atomic E-state index is 11.5. The molecule has 2 aromatic rings. The predicted molar refractivity (Wildman–Crippen MR) is 78.6 cm³/mol. The maximum Gasteiger partial charge on any atom is 0.338 e. The van der Waals surface area contributed by atoms with E-state index in [4.69, 9.17) is 26.3 Å². The van der Waals surface area contributed by atoms with Crippen LogP contribution < -0.4 is 4.74 Å². The molecule has 0 bridgehead atoms. The molecule has 0 amide bonds. The molecule has 5 heteroatoms. The second kappa shape index (κ2) is 6.78. The summed E-state index contributed by atoms with van der Waals surface area (Å²) in [4.78, 5) is 11.5. The lowest BCUT2D eigenvalue weighted by atomic mass is 10.2. The zero-order chi connectivity index (χ0) is 15.2. The van der Waals surface area contributed by atoms with Crippen LogP contribution in [0.5, 0.6) is 11.5 Å². The number of carbonyl (C=O) groups is 1. The monoisotopic (exact) mass is 301 g/mol. The highest BCUT2D eigenvalue weighted by Crippen LogP contribution is 2.27. The average Bonchev–Trinajstić information content (AvgIpc) is 2.50. The molecule has 0 N–H and O–H groups in total. The molecule has 0 spiro atoms. The zero-order valence-electron chi connectivity index (χ0n) is 11.3. The molecule has 0 saturated heterocycles. The van der Waals surface area contributed by atoms with Crippen molar-refractivity contribution in [1.82, 2.24) is 0 Å². The van der Waals surface area contributed by atoms with Crippen molar-refractivity contribution in [1.29, 1.82) is 5.26 Å². The van der Waals surface area contributed by atoms with E-state index < -0.39 is 0 Å². The smallest absolute Gasteiger partial charge is 0.338 e.